The van der Waals surface area contributed by atoms with Gasteiger partial charge in [0.25, 0.3) is 0 Å². The van der Waals surface area contributed by atoms with Crippen LogP contribution < -0.4 is 5.73 Å². The fraction of sp³-hybridized carbons (Fsp3) is 0.143. The summed E-state index contributed by atoms with van der Waals surface area (Å²) in [6.07, 6.45) is 0. The van der Waals surface area contributed by atoms with Crippen molar-refractivity contribution in [2.24, 2.45) is 5.73 Å². The van der Waals surface area contributed by atoms with Gasteiger partial charge >= 0.3 is 5.97 Å². The first-order valence-electron chi connectivity index (χ1n) is 8.26. The van der Waals surface area contributed by atoms with Crippen LogP contribution >= 0.6 is 15.9 Å². The number of halogens is 1. The summed E-state index contributed by atoms with van der Waals surface area (Å²) in [6.45, 7) is 1.77. The van der Waals surface area contributed by atoms with E-state index in [1.807, 2.05) is 54.6 Å². The quantitative estimate of drug-likeness (QED) is 0.740. The molecule has 0 fully saturated rings. The molecule has 0 aliphatic carbocycles. The molecule has 0 radical (unpaired) electrons. The third-order valence-corrected chi connectivity index (χ3v) is 4.71. The smallest absolute Gasteiger partial charge is 0.338 e. The molecule has 0 bridgehead atoms. The Morgan fingerprint density at radius 1 is 1.26 bits per heavy atom. The zero-order valence-corrected chi connectivity index (χ0v) is 16.2. The Morgan fingerprint density at radius 3 is 2.67 bits per heavy atom. The topological polar surface area (TPSA) is 85.3 Å². The SMILES string of the molecule is CC1=C(C(=O)OCc2ccccc2)C(c2cccc(Br)c2)C(C#N)=C(N)O1. The first kappa shape index (κ1) is 18.7. The van der Waals surface area contributed by atoms with Crippen LogP contribution in [0.15, 0.2) is 81.9 Å². The van der Waals surface area contributed by atoms with Crippen LogP contribution in [-0.4, -0.2) is 5.97 Å². The lowest BCUT2D eigenvalue weighted by atomic mass is 9.83. The van der Waals surface area contributed by atoms with E-state index in [0.717, 1.165) is 15.6 Å². The second-order valence-electron chi connectivity index (χ2n) is 6.01. The Hall–Kier alpha value is -3.04. The van der Waals surface area contributed by atoms with E-state index in [-0.39, 0.29) is 23.6 Å². The molecule has 2 aromatic carbocycles. The second-order valence-corrected chi connectivity index (χ2v) is 6.93. The van der Waals surface area contributed by atoms with Gasteiger partial charge in [-0.05, 0) is 30.2 Å². The number of nitrogens with zero attached hydrogens (tertiary/aromatic N) is 1. The summed E-state index contributed by atoms with van der Waals surface area (Å²) in [5, 5.41) is 9.60. The molecule has 1 atom stereocenters. The Bertz CT molecular complexity index is 974. The highest BCUT2D eigenvalue weighted by molar-refractivity contribution is 9.10. The summed E-state index contributed by atoms with van der Waals surface area (Å²) in [5.41, 5.74) is 7.99. The van der Waals surface area contributed by atoms with Crippen LogP contribution in [0.3, 0.4) is 0 Å². The van der Waals surface area contributed by atoms with E-state index in [2.05, 4.69) is 22.0 Å². The lowest BCUT2D eigenvalue weighted by Crippen LogP contribution is -2.25. The molecule has 1 heterocycles. The highest BCUT2D eigenvalue weighted by atomic mass is 79.9. The minimum atomic E-state index is -0.649. The van der Waals surface area contributed by atoms with E-state index in [9.17, 15) is 10.1 Å². The summed E-state index contributed by atoms with van der Waals surface area (Å²) in [6, 6.07) is 18.8. The molecule has 0 spiro atoms. The van der Waals surface area contributed by atoms with Crippen LogP contribution in [0.4, 0.5) is 0 Å². The van der Waals surface area contributed by atoms with E-state index in [4.69, 9.17) is 15.2 Å². The summed E-state index contributed by atoms with van der Waals surface area (Å²) >= 11 is 3.43. The van der Waals surface area contributed by atoms with Gasteiger partial charge in [0.05, 0.1) is 11.5 Å². The highest BCUT2D eigenvalue weighted by Crippen LogP contribution is 2.40. The number of hydrogen-bond donors (Lipinski definition) is 1. The molecule has 3 rings (SSSR count). The van der Waals surface area contributed by atoms with Crippen molar-refractivity contribution in [3.05, 3.63) is 93.0 Å². The number of carbonyl (C=O) groups excluding carboxylic acids is 1. The van der Waals surface area contributed by atoms with Crippen molar-refractivity contribution in [1.82, 2.24) is 0 Å². The fourth-order valence-corrected chi connectivity index (χ4v) is 3.38. The van der Waals surface area contributed by atoms with Gasteiger partial charge in [0.2, 0.25) is 5.88 Å². The number of hydrogen-bond acceptors (Lipinski definition) is 5. The van der Waals surface area contributed by atoms with Crippen LogP contribution in [0.5, 0.6) is 0 Å². The minimum absolute atomic E-state index is 0.000384. The molecule has 2 aromatic rings. The number of nitrogens with two attached hydrogens (primary N) is 1. The van der Waals surface area contributed by atoms with Crippen molar-refractivity contribution in [3.8, 4) is 6.07 Å². The predicted octanol–water partition coefficient (Wildman–Crippen LogP) is 4.27. The highest BCUT2D eigenvalue weighted by Gasteiger charge is 2.36. The number of benzene rings is 2. The number of nitriles is 1. The van der Waals surface area contributed by atoms with E-state index in [0.29, 0.717) is 5.76 Å². The normalized spacial score (nSPS) is 16.6. The van der Waals surface area contributed by atoms with Crippen LogP contribution in [0.1, 0.15) is 24.0 Å². The van der Waals surface area contributed by atoms with Crippen LogP contribution in [0, 0.1) is 11.3 Å². The predicted molar refractivity (Wildman–Crippen MR) is 104 cm³/mol. The van der Waals surface area contributed by atoms with E-state index in [1.165, 1.54) is 0 Å². The van der Waals surface area contributed by atoms with E-state index < -0.39 is 11.9 Å². The third-order valence-electron chi connectivity index (χ3n) is 4.22. The van der Waals surface area contributed by atoms with Gasteiger partial charge in [0, 0.05) is 4.47 Å². The van der Waals surface area contributed by atoms with Crippen molar-refractivity contribution in [1.29, 1.82) is 5.26 Å². The largest absolute Gasteiger partial charge is 0.457 e. The monoisotopic (exact) mass is 424 g/mol. The third kappa shape index (κ3) is 4.04. The second kappa shape index (κ2) is 8.11. The van der Waals surface area contributed by atoms with Gasteiger partial charge in [0.15, 0.2) is 0 Å². The first-order valence-corrected chi connectivity index (χ1v) is 9.05. The lowest BCUT2D eigenvalue weighted by Gasteiger charge is -2.27. The summed E-state index contributed by atoms with van der Waals surface area (Å²) in [5.74, 6) is -0.861. The maximum atomic E-state index is 12.9. The average molecular weight is 425 g/mol. The van der Waals surface area contributed by atoms with Crippen molar-refractivity contribution < 1.29 is 14.3 Å². The van der Waals surface area contributed by atoms with Crippen molar-refractivity contribution in [2.75, 3.05) is 0 Å². The average Bonchev–Trinajstić information content (AvgIpc) is 2.66. The van der Waals surface area contributed by atoms with Gasteiger partial charge in [-0.1, -0.05) is 58.4 Å². The summed E-state index contributed by atoms with van der Waals surface area (Å²) in [7, 11) is 0. The standard InChI is InChI=1S/C21H17BrN2O3/c1-13-18(21(25)26-12-14-6-3-2-4-7-14)19(17(11-23)20(24)27-13)15-8-5-9-16(22)10-15/h2-10,19H,12,24H2,1H3. The van der Waals surface area contributed by atoms with Gasteiger partial charge in [-0.3, -0.25) is 0 Å². The van der Waals surface area contributed by atoms with Crippen LogP contribution in [-0.2, 0) is 20.9 Å². The first-order chi connectivity index (χ1) is 13.0. The van der Waals surface area contributed by atoms with Gasteiger partial charge in [-0.15, -0.1) is 0 Å². The Kier molecular flexibility index (Phi) is 5.63. The number of ether oxygens (including phenoxy) is 2. The summed E-state index contributed by atoms with van der Waals surface area (Å²) < 4.78 is 11.8. The molecule has 0 aromatic heterocycles. The van der Waals surface area contributed by atoms with Crippen molar-refractivity contribution in [3.63, 3.8) is 0 Å². The number of esters is 1. The molecule has 2 N–H and O–H groups in total. The zero-order valence-electron chi connectivity index (χ0n) is 14.6. The fourth-order valence-electron chi connectivity index (χ4n) is 2.97. The Morgan fingerprint density at radius 2 is 2.00 bits per heavy atom. The summed E-state index contributed by atoms with van der Waals surface area (Å²) in [4.78, 5) is 12.9. The lowest BCUT2D eigenvalue weighted by molar-refractivity contribution is -0.140. The number of carbonyl (C=O) groups is 1. The molecule has 1 aliphatic heterocycles. The Labute approximate surface area is 165 Å². The molecule has 0 saturated heterocycles. The molecule has 27 heavy (non-hydrogen) atoms. The maximum absolute atomic E-state index is 12.9. The molecular formula is C21H17BrN2O3. The van der Waals surface area contributed by atoms with Gasteiger partial charge in [0.1, 0.15) is 24.0 Å². The van der Waals surface area contributed by atoms with Gasteiger partial charge < -0.3 is 15.2 Å². The molecule has 6 heteroatoms. The number of allylic oxidation sites excluding steroid dienone is 2. The van der Waals surface area contributed by atoms with Gasteiger partial charge in [-0.25, -0.2) is 4.79 Å². The maximum Gasteiger partial charge on any atom is 0.338 e. The van der Waals surface area contributed by atoms with Gasteiger partial charge in [-0.2, -0.15) is 5.26 Å². The van der Waals surface area contributed by atoms with Crippen molar-refractivity contribution >= 4 is 21.9 Å². The van der Waals surface area contributed by atoms with Crippen LogP contribution in [0.2, 0.25) is 0 Å². The molecule has 1 unspecified atom stereocenters. The molecular weight excluding hydrogens is 408 g/mol. The Balaban J connectivity index is 1.96. The molecule has 136 valence electrons. The van der Waals surface area contributed by atoms with E-state index in [1.54, 1.807) is 6.92 Å². The molecule has 5 nitrogen and oxygen atoms in total. The molecule has 0 amide bonds. The van der Waals surface area contributed by atoms with Crippen LogP contribution in [0.25, 0.3) is 0 Å². The van der Waals surface area contributed by atoms with Crippen molar-refractivity contribution in [2.45, 2.75) is 19.4 Å². The number of rotatable bonds is 4. The molecule has 0 saturated carbocycles. The minimum Gasteiger partial charge on any atom is -0.457 e. The van der Waals surface area contributed by atoms with E-state index >= 15 is 0 Å². The molecule has 1 aliphatic rings. The zero-order chi connectivity index (χ0) is 19.4.